The number of methoxy groups -OCH3 is 1. The van der Waals surface area contributed by atoms with Crippen molar-refractivity contribution in [2.24, 2.45) is 4.99 Å². The van der Waals surface area contributed by atoms with E-state index < -0.39 is 0 Å². The first-order chi connectivity index (χ1) is 14.3. The second-order valence-corrected chi connectivity index (χ2v) is 7.30. The standard InChI is InChI=1S/C22H34N6O/c1-3-23-22(24-11-7-15-28-16-8-12-26-28)25-18-21(27-13-4-5-14-27)19-9-6-10-20(17-19)29-2/h6,8-10,12,16-17,21H,3-5,7,11,13-15,18H2,1-2H3,(H2,23,24,25). The molecule has 0 bridgehead atoms. The molecule has 0 saturated carbocycles. The average molecular weight is 399 g/mol. The van der Waals surface area contributed by atoms with Gasteiger partial charge in [-0.2, -0.15) is 5.10 Å². The fraction of sp³-hybridized carbons (Fsp3) is 0.545. The molecule has 3 rings (SSSR count). The van der Waals surface area contributed by atoms with Gasteiger partial charge in [0.2, 0.25) is 0 Å². The molecular formula is C22H34N6O. The zero-order chi connectivity index (χ0) is 20.3. The molecule has 1 atom stereocenters. The van der Waals surface area contributed by atoms with E-state index in [4.69, 9.17) is 9.73 Å². The van der Waals surface area contributed by atoms with Gasteiger partial charge in [0, 0.05) is 32.0 Å². The molecule has 2 heterocycles. The highest BCUT2D eigenvalue weighted by atomic mass is 16.5. The van der Waals surface area contributed by atoms with E-state index in [-0.39, 0.29) is 6.04 Å². The molecule has 1 unspecified atom stereocenters. The lowest BCUT2D eigenvalue weighted by Gasteiger charge is -2.27. The Bertz CT molecular complexity index is 740. The monoisotopic (exact) mass is 398 g/mol. The van der Waals surface area contributed by atoms with E-state index in [0.29, 0.717) is 0 Å². The van der Waals surface area contributed by atoms with E-state index >= 15 is 0 Å². The van der Waals surface area contributed by atoms with Crippen molar-refractivity contribution < 1.29 is 4.74 Å². The van der Waals surface area contributed by atoms with Gasteiger partial charge in [0.25, 0.3) is 0 Å². The first-order valence-electron chi connectivity index (χ1n) is 10.7. The van der Waals surface area contributed by atoms with Gasteiger partial charge in [0.05, 0.1) is 19.7 Å². The van der Waals surface area contributed by atoms with Crippen LogP contribution < -0.4 is 15.4 Å². The highest BCUT2D eigenvalue weighted by Crippen LogP contribution is 2.27. The molecule has 158 valence electrons. The number of hydrogen-bond acceptors (Lipinski definition) is 4. The van der Waals surface area contributed by atoms with E-state index in [1.165, 1.54) is 18.4 Å². The van der Waals surface area contributed by atoms with Crippen molar-refractivity contribution in [1.29, 1.82) is 0 Å². The maximum Gasteiger partial charge on any atom is 0.191 e. The van der Waals surface area contributed by atoms with Crippen LogP contribution in [0.4, 0.5) is 0 Å². The minimum atomic E-state index is 0.270. The first kappa shape index (κ1) is 21.2. The lowest BCUT2D eigenvalue weighted by Crippen LogP contribution is -2.39. The third-order valence-corrected chi connectivity index (χ3v) is 5.24. The maximum absolute atomic E-state index is 5.44. The fourth-order valence-corrected chi connectivity index (χ4v) is 3.73. The molecule has 0 spiro atoms. The molecule has 7 nitrogen and oxygen atoms in total. The van der Waals surface area contributed by atoms with Crippen molar-refractivity contribution >= 4 is 5.96 Å². The van der Waals surface area contributed by atoms with Crippen LogP contribution in [0.25, 0.3) is 0 Å². The van der Waals surface area contributed by atoms with E-state index in [0.717, 1.165) is 57.4 Å². The summed E-state index contributed by atoms with van der Waals surface area (Å²) in [5.41, 5.74) is 1.27. The molecule has 1 aliphatic rings. The molecule has 2 aromatic rings. The third-order valence-electron chi connectivity index (χ3n) is 5.24. The predicted octanol–water partition coefficient (Wildman–Crippen LogP) is 2.67. The van der Waals surface area contributed by atoms with Crippen LogP contribution in [-0.2, 0) is 6.54 Å². The normalized spacial score (nSPS) is 16.0. The number of rotatable bonds is 10. The van der Waals surface area contributed by atoms with Crippen molar-refractivity contribution in [3.63, 3.8) is 0 Å². The van der Waals surface area contributed by atoms with Crippen LogP contribution in [0, 0.1) is 0 Å². The summed E-state index contributed by atoms with van der Waals surface area (Å²) in [5, 5.41) is 11.1. The summed E-state index contributed by atoms with van der Waals surface area (Å²) in [5.74, 6) is 1.78. The van der Waals surface area contributed by atoms with Crippen molar-refractivity contribution in [3.05, 3.63) is 48.3 Å². The number of benzene rings is 1. The van der Waals surface area contributed by atoms with Crippen LogP contribution in [0.1, 0.15) is 37.8 Å². The molecule has 0 aliphatic carbocycles. The summed E-state index contributed by atoms with van der Waals surface area (Å²) < 4.78 is 7.40. The Morgan fingerprint density at radius 2 is 2.10 bits per heavy atom. The SMILES string of the molecule is CCNC(=NCC(c1cccc(OC)c1)N1CCCC1)NCCCn1cccn1. The van der Waals surface area contributed by atoms with E-state index in [2.05, 4.69) is 45.8 Å². The summed E-state index contributed by atoms with van der Waals surface area (Å²) in [6, 6.07) is 10.6. The van der Waals surface area contributed by atoms with Crippen LogP contribution in [0.3, 0.4) is 0 Å². The fourth-order valence-electron chi connectivity index (χ4n) is 3.73. The van der Waals surface area contributed by atoms with Gasteiger partial charge < -0.3 is 15.4 Å². The zero-order valence-electron chi connectivity index (χ0n) is 17.7. The quantitative estimate of drug-likeness (QED) is 0.366. The van der Waals surface area contributed by atoms with E-state index in [1.807, 2.05) is 29.2 Å². The van der Waals surface area contributed by atoms with Gasteiger partial charge >= 0.3 is 0 Å². The van der Waals surface area contributed by atoms with Crippen molar-refractivity contribution in [2.75, 3.05) is 39.8 Å². The number of nitrogens with zero attached hydrogens (tertiary/aromatic N) is 4. The number of aliphatic imine (C=N–C) groups is 1. The van der Waals surface area contributed by atoms with Gasteiger partial charge in [-0.25, -0.2) is 0 Å². The van der Waals surface area contributed by atoms with Crippen molar-refractivity contribution in [1.82, 2.24) is 25.3 Å². The summed E-state index contributed by atoms with van der Waals surface area (Å²) in [7, 11) is 1.72. The number of likely N-dealkylation sites (tertiary alicyclic amines) is 1. The van der Waals surface area contributed by atoms with Gasteiger partial charge in [-0.05, 0) is 63.0 Å². The minimum Gasteiger partial charge on any atom is -0.497 e. The summed E-state index contributed by atoms with van der Waals surface area (Å²) in [6.45, 7) is 7.69. The Hall–Kier alpha value is -2.54. The molecule has 1 fully saturated rings. The summed E-state index contributed by atoms with van der Waals surface area (Å²) in [6.07, 6.45) is 7.33. The summed E-state index contributed by atoms with van der Waals surface area (Å²) >= 11 is 0. The minimum absolute atomic E-state index is 0.270. The van der Waals surface area contributed by atoms with Crippen LogP contribution in [-0.4, -0.2) is 60.5 Å². The molecule has 0 radical (unpaired) electrons. The van der Waals surface area contributed by atoms with Gasteiger partial charge in [-0.1, -0.05) is 12.1 Å². The molecule has 2 N–H and O–H groups in total. The molecule has 1 aliphatic heterocycles. The smallest absolute Gasteiger partial charge is 0.191 e. The highest BCUT2D eigenvalue weighted by molar-refractivity contribution is 5.79. The number of aryl methyl sites for hydroxylation is 1. The van der Waals surface area contributed by atoms with Crippen LogP contribution in [0.15, 0.2) is 47.7 Å². The molecule has 0 amide bonds. The van der Waals surface area contributed by atoms with Crippen molar-refractivity contribution in [2.45, 2.75) is 38.8 Å². The highest BCUT2D eigenvalue weighted by Gasteiger charge is 2.23. The van der Waals surface area contributed by atoms with Gasteiger partial charge in [-0.3, -0.25) is 14.6 Å². The maximum atomic E-state index is 5.44. The molecule has 29 heavy (non-hydrogen) atoms. The van der Waals surface area contributed by atoms with Crippen LogP contribution >= 0.6 is 0 Å². The predicted molar refractivity (Wildman–Crippen MR) is 117 cm³/mol. The zero-order valence-corrected chi connectivity index (χ0v) is 17.7. The summed E-state index contributed by atoms with van der Waals surface area (Å²) in [4.78, 5) is 7.46. The molecule has 1 saturated heterocycles. The molecular weight excluding hydrogens is 364 g/mol. The lowest BCUT2D eigenvalue weighted by molar-refractivity contribution is 0.251. The second kappa shape index (κ2) is 11.5. The lowest BCUT2D eigenvalue weighted by atomic mass is 10.1. The Morgan fingerprint density at radius 1 is 1.24 bits per heavy atom. The Labute approximate surface area is 174 Å². The van der Waals surface area contributed by atoms with Crippen LogP contribution in [0.5, 0.6) is 5.75 Å². The Balaban J connectivity index is 1.62. The van der Waals surface area contributed by atoms with Crippen LogP contribution in [0.2, 0.25) is 0 Å². The number of nitrogens with one attached hydrogen (secondary N) is 2. The Morgan fingerprint density at radius 3 is 2.83 bits per heavy atom. The van der Waals surface area contributed by atoms with E-state index in [1.54, 1.807) is 7.11 Å². The number of guanidine groups is 1. The molecule has 1 aromatic carbocycles. The molecule has 1 aromatic heterocycles. The molecule has 7 heteroatoms. The van der Waals surface area contributed by atoms with E-state index in [9.17, 15) is 0 Å². The average Bonchev–Trinajstić information content (AvgIpc) is 3.46. The third kappa shape index (κ3) is 6.49. The largest absolute Gasteiger partial charge is 0.497 e. The topological polar surface area (TPSA) is 66.7 Å². The second-order valence-electron chi connectivity index (χ2n) is 7.30. The number of ether oxygens (including phenoxy) is 1. The number of hydrogen-bond donors (Lipinski definition) is 2. The number of aromatic nitrogens is 2. The van der Waals surface area contributed by atoms with Crippen molar-refractivity contribution in [3.8, 4) is 5.75 Å². The van der Waals surface area contributed by atoms with Gasteiger partial charge in [0.15, 0.2) is 5.96 Å². The Kier molecular flexibility index (Phi) is 8.37. The van der Waals surface area contributed by atoms with Gasteiger partial charge in [0.1, 0.15) is 5.75 Å². The van der Waals surface area contributed by atoms with Gasteiger partial charge in [-0.15, -0.1) is 0 Å². The first-order valence-corrected chi connectivity index (χ1v) is 10.7.